The van der Waals surface area contributed by atoms with Crippen LogP contribution in [0.5, 0.6) is 0 Å². The highest BCUT2D eigenvalue weighted by atomic mass is 35.5. The molecule has 0 unspecified atom stereocenters. The Balaban J connectivity index is 1.54. The Morgan fingerprint density at radius 1 is 1.04 bits per heavy atom. The van der Waals surface area contributed by atoms with E-state index in [1.54, 1.807) is 48.3 Å². The van der Waals surface area contributed by atoms with Gasteiger partial charge in [-0.1, -0.05) is 23.2 Å². The van der Waals surface area contributed by atoms with E-state index in [4.69, 9.17) is 27.6 Å². The molecule has 1 N–H and O–H groups in total. The zero-order valence-electron chi connectivity index (χ0n) is 13.9. The van der Waals surface area contributed by atoms with E-state index in [0.717, 1.165) is 5.56 Å². The van der Waals surface area contributed by atoms with Crippen LogP contribution in [-0.4, -0.2) is 34.6 Å². The van der Waals surface area contributed by atoms with Crippen LogP contribution >= 0.6 is 23.2 Å². The van der Waals surface area contributed by atoms with E-state index < -0.39 is 0 Å². The van der Waals surface area contributed by atoms with Gasteiger partial charge in [-0.05, 0) is 55.6 Å². The number of amides is 1. The van der Waals surface area contributed by atoms with Crippen molar-refractivity contribution in [1.82, 2.24) is 15.1 Å². The fourth-order valence-corrected chi connectivity index (χ4v) is 2.54. The van der Waals surface area contributed by atoms with Gasteiger partial charge < -0.3 is 9.73 Å². The third kappa shape index (κ3) is 5.05. The molecule has 0 radical (unpaired) electrons. The molecule has 0 spiro atoms. The molecule has 0 atom stereocenters. The van der Waals surface area contributed by atoms with E-state index in [2.05, 4.69) is 15.5 Å². The first-order chi connectivity index (χ1) is 12.5. The fourth-order valence-electron chi connectivity index (χ4n) is 2.29. The lowest BCUT2D eigenvalue weighted by Gasteiger charge is -2.14. The Kier molecular flexibility index (Phi) is 5.88. The summed E-state index contributed by atoms with van der Waals surface area (Å²) >= 11 is 11.7. The monoisotopic (exact) mass is 390 g/mol. The molecule has 0 saturated carbocycles. The molecular weight excluding hydrogens is 375 g/mol. The van der Waals surface area contributed by atoms with E-state index in [1.807, 2.05) is 12.1 Å². The molecule has 0 aliphatic heterocycles. The normalized spacial score (nSPS) is 10.9. The van der Waals surface area contributed by atoms with Gasteiger partial charge in [-0.2, -0.15) is 0 Å². The number of likely N-dealkylation sites (N-methyl/N-ethyl adjacent to an activating group) is 1. The van der Waals surface area contributed by atoms with Gasteiger partial charge in [-0.3, -0.25) is 9.69 Å². The quantitative estimate of drug-likeness (QED) is 0.685. The highest BCUT2D eigenvalue weighted by Crippen LogP contribution is 2.20. The van der Waals surface area contributed by atoms with Gasteiger partial charge in [0.25, 0.3) is 0 Å². The molecule has 1 amide bonds. The predicted molar refractivity (Wildman–Crippen MR) is 101 cm³/mol. The number of aromatic nitrogens is 2. The third-order valence-electron chi connectivity index (χ3n) is 3.50. The van der Waals surface area contributed by atoms with Crippen molar-refractivity contribution in [3.8, 4) is 11.5 Å². The van der Waals surface area contributed by atoms with Crippen molar-refractivity contribution in [3.63, 3.8) is 0 Å². The number of rotatable bonds is 6. The summed E-state index contributed by atoms with van der Waals surface area (Å²) in [5.74, 6) is 0.694. The minimum Gasteiger partial charge on any atom is -0.419 e. The van der Waals surface area contributed by atoms with Crippen molar-refractivity contribution in [1.29, 1.82) is 0 Å². The molecule has 1 heterocycles. The largest absolute Gasteiger partial charge is 0.419 e. The number of carbonyl (C=O) groups excluding carboxylic acids is 1. The molecule has 0 saturated heterocycles. The predicted octanol–water partition coefficient (Wildman–Crippen LogP) is 4.11. The van der Waals surface area contributed by atoms with Gasteiger partial charge in [0.2, 0.25) is 17.7 Å². The highest BCUT2D eigenvalue weighted by Gasteiger charge is 2.13. The molecule has 26 heavy (non-hydrogen) atoms. The van der Waals surface area contributed by atoms with Crippen LogP contribution in [0.15, 0.2) is 52.9 Å². The maximum atomic E-state index is 12.1. The topological polar surface area (TPSA) is 71.3 Å². The van der Waals surface area contributed by atoms with Crippen LogP contribution in [0.2, 0.25) is 10.0 Å². The van der Waals surface area contributed by atoms with Crippen LogP contribution in [0.25, 0.3) is 11.5 Å². The molecular formula is C18H16Cl2N4O2. The van der Waals surface area contributed by atoms with Crippen LogP contribution in [0.3, 0.4) is 0 Å². The summed E-state index contributed by atoms with van der Waals surface area (Å²) in [6.07, 6.45) is 0. The van der Waals surface area contributed by atoms with Crippen molar-refractivity contribution in [2.45, 2.75) is 6.54 Å². The summed E-state index contributed by atoms with van der Waals surface area (Å²) in [4.78, 5) is 13.9. The maximum Gasteiger partial charge on any atom is 0.247 e. The van der Waals surface area contributed by atoms with Gasteiger partial charge in [0.05, 0.1) is 13.1 Å². The van der Waals surface area contributed by atoms with Gasteiger partial charge in [0.15, 0.2) is 0 Å². The summed E-state index contributed by atoms with van der Waals surface area (Å²) < 4.78 is 5.64. The summed E-state index contributed by atoms with van der Waals surface area (Å²) in [5.41, 5.74) is 1.48. The number of hydrogen-bond acceptors (Lipinski definition) is 5. The van der Waals surface area contributed by atoms with Crippen molar-refractivity contribution in [2.75, 3.05) is 18.9 Å². The molecule has 6 nitrogen and oxygen atoms in total. The Bertz CT molecular complexity index is 879. The first-order valence-electron chi connectivity index (χ1n) is 7.82. The molecule has 3 rings (SSSR count). The minimum absolute atomic E-state index is 0.146. The highest BCUT2D eigenvalue weighted by molar-refractivity contribution is 6.30. The zero-order valence-corrected chi connectivity index (χ0v) is 15.5. The SMILES string of the molecule is CN(CC(=O)Nc1ccc(Cl)cc1)Cc1nnc(-c2ccc(Cl)cc2)o1. The molecule has 0 bridgehead atoms. The van der Waals surface area contributed by atoms with E-state index in [-0.39, 0.29) is 12.5 Å². The van der Waals surface area contributed by atoms with E-state index in [9.17, 15) is 4.79 Å². The first kappa shape index (κ1) is 18.4. The van der Waals surface area contributed by atoms with Gasteiger partial charge in [-0.15, -0.1) is 10.2 Å². The van der Waals surface area contributed by atoms with Gasteiger partial charge in [0.1, 0.15) is 0 Å². The molecule has 8 heteroatoms. The molecule has 1 aromatic heterocycles. The van der Waals surface area contributed by atoms with Crippen LogP contribution in [0, 0.1) is 0 Å². The lowest BCUT2D eigenvalue weighted by atomic mass is 10.2. The molecule has 3 aromatic rings. The van der Waals surface area contributed by atoms with E-state index in [1.165, 1.54) is 0 Å². The van der Waals surface area contributed by atoms with Crippen molar-refractivity contribution < 1.29 is 9.21 Å². The van der Waals surface area contributed by atoms with E-state index in [0.29, 0.717) is 34.1 Å². The molecule has 2 aromatic carbocycles. The van der Waals surface area contributed by atoms with Gasteiger partial charge in [0, 0.05) is 21.3 Å². The lowest BCUT2D eigenvalue weighted by Crippen LogP contribution is -2.29. The van der Waals surface area contributed by atoms with Crippen LogP contribution in [0.1, 0.15) is 5.89 Å². The van der Waals surface area contributed by atoms with Crippen LogP contribution in [-0.2, 0) is 11.3 Å². The number of anilines is 1. The molecule has 0 aliphatic rings. The fraction of sp³-hybridized carbons (Fsp3) is 0.167. The maximum absolute atomic E-state index is 12.1. The summed E-state index contributed by atoms with van der Waals surface area (Å²) in [5, 5.41) is 12.1. The Hall–Kier alpha value is -2.41. The van der Waals surface area contributed by atoms with Crippen molar-refractivity contribution in [3.05, 3.63) is 64.5 Å². The summed E-state index contributed by atoms with van der Waals surface area (Å²) in [6, 6.07) is 14.1. The average molecular weight is 391 g/mol. The molecule has 134 valence electrons. The Morgan fingerprint density at radius 2 is 1.65 bits per heavy atom. The molecule has 0 aliphatic carbocycles. The number of benzene rings is 2. The van der Waals surface area contributed by atoms with Crippen LogP contribution < -0.4 is 5.32 Å². The lowest BCUT2D eigenvalue weighted by molar-refractivity contribution is -0.117. The summed E-state index contributed by atoms with van der Waals surface area (Å²) in [7, 11) is 1.80. The van der Waals surface area contributed by atoms with Gasteiger partial charge >= 0.3 is 0 Å². The minimum atomic E-state index is -0.146. The number of hydrogen-bond donors (Lipinski definition) is 1. The second-order valence-corrected chi connectivity index (χ2v) is 6.61. The third-order valence-corrected chi connectivity index (χ3v) is 4.01. The average Bonchev–Trinajstić information content (AvgIpc) is 3.05. The van der Waals surface area contributed by atoms with Crippen molar-refractivity contribution >= 4 is 34.8 Å². The smallest absolute Gasteiger partial charge is 0.247 e. The number of carbonyl (C=O) groups is 1. The summed E-state index contributed by atoms with van der Waals surface area (Å²) in [6.45, 7) is 0.538. The second kappa shape index (κ2) is 8.31. The standard InChI is InChI=1S/C18H16Cl2N4O2/c1-24(10-16(25)21-15-8-6-14(20)7-9-15)11-17-22-23-18(26-17)12-2-4-13(19)5-3-12/h2-9H,10-11H2,1H3,(H,21,25). The zero-order chi connectivity index (χ0) is 18.5. The van der Waals surface area contributed by atoms with E-state index >= 15 is 0 Å². The number of nitrogens with zero attached hydrogens (tertiary/aromatic N) is 3. The Labute approximate surface area is 160 Å². The Morgan fingerprint density at radius 3 is 2.31 bits per heavy atom. The number of nitrogens with one attached hydrogen (secondary N) is 1. The van der Waals surface area contributed by atoms with Gasteiger partial charge in [-0.25, -0.2) is 0 Å². The van der Waals surface area contributed by atoms with Crippen LogP contribution in [0.4, 0.5) is 5.69 Å². The van der Waals surface area contributed by atoms with Crippen molar-refractivity contribution in [2.24, 2.45) is 0 Å². The second-order valence-electron chi connectivity index (χ2n) is 5.74. The number of halogens is 2. The first-order valence-corrected chi connectivity index (χ1v) is 8.57. The molecule has 0 fully saturated rings.